The van der Waals surface area contributed by atoms with Gasteiger partial charge in [0.1, 0.15) is 17.0 Å². The Balaban J connectivity index is 1.72. The number of hydrogen-bond acceptors (Lipinski definition) is 5. The van der Waals surface area contributed by atoms with Crippen LogP contribution in [0.5, 0.6) is 5.88 Å². The molecule has 0 aliphatic rings. The Kier molecular flexibility index (Phi) is 6.06. The molecule has 0 saturated heterocycles. The van der Waals surface area contributed by atoms with E-state index in [1.54, 1.807) is 44.1 Å². The maximum atomic E-state index is 14.3. The van der Waals surface area contributed by atoms with Gasteiger partial charge in [-0.15, -0.1) is 5.10 Å². The fourth-order valence-corrected chi connectivity index (χ4v) is 3.49. The van der Waals surface area contributed by atoms with Gasteiger partial charge in [-0.1, -0.05) is 26.3 Å². The second kappa shape index (κ2) is 8.26. The number of rotatable bonds is 6. The summed E-state index contributed by atoms with van der Waals surface area (Å²) >= 11 is 5.47. The molecule has 24 heavy (non-hydrogen) atoms. The smallest absolute Gasteiger partial charge is 0.214 e. The largest absolute Gasteiger partial charge is 0.473 e. The van der Waals surface area contributed by atoms with E-state index < -0.39 is 0 Å². The third kappa shape index (κ3) is 4.45. The zero-order valence-corrected chi connectivity index (χ0v) is 16.8. The molecule has 2 aromatic heterocycles. The molecule has 0 aliphatic heterocycles. The molecule has 0 bridgehead atoms. The molecule has 0 N–H and O–H groups in total. The first-order valence-electron chi connectivity index (χ1n) is 6.84. The van der Waals surface area contributed by atoms with Crippen LogP contribution in [0.15, 0.2) is 47.2 Å². The standard InChI is InChI=1S/C15H11BrFIN4OS/c16-14-2-1-3-15(19-14)23-8-10-4-5-12(6-13(10)17)22-7-11(9-24-18)20-21-22/h1-7H,8-9H2. The van der Waals surface area contributed by atoms with Crippen LogP contribution < -0.4 is 4.74 Å². The van der Waals surface area contributed by atoms with E-state index in [1.807, 2.05) is 6.07 Å². The Morgan fingerprint density at radius 1 is 1.29 bits per heavy atom. The first-order valence-corrected chi connectivity index (χ1v) is 11.2. The predicted octanol–water partition coefficient (Wildman–Crippen LogP) is 4.73. The Labute approximate surface area is 162 Å². The van der Waals surface area contributed by atoms with Crippen molar-refractivity contribution in [2.24, 2.45) is 0 Å². The normalized spacial score (nSPS) is 10.8. The van der Waals surface area contributed by atoms with Gasteiger partial charge in [0, 0.05) is 23.4 Å². The Hall–Kier alpha value is -1.20. The van der Waals surface area contributed by atoms with Crippen LogP contribution in [-0.2, 0) is 12.4 Å². The molecule has 0 spiro atoms. The van der Waals surface area contributed by atoms with Crippen molar-refractivity contribution in [3.8, 4) is 11.6 Å². The van der Waals surface area contributed by atoms with Gasteiger partial charge in [-0.05, 0) is 49.3 Å². The molecule has 3 aromatic rings. The van der Waals surface area contributed by atoms with Crippen molar-refractivity contribution in [2.45, 2.75) is 12.4 Å². The molecule has 0 unspecified atom stereocenters. The lowest BCUT2D eigenvalue weighted by Crippen LogP contribution is -2.02. The summed E-state index contributed by atoms with van der Waals surface area (Å²) in [5, 5.41) is 8.06. The van der Waals surface area contributed by atoms with Gasteiger partial charge in [-0.25, -0.2) is 14.1 Å². The summed E-state index contributed by atoms with van der Waals surface area (Å²) in [6.45, 7) is 0.101. The number of benzene rings is 1. The fraction of sp³-hybridized carbons (Fsp3) is 0.133. The zero-order valence-electron chi connectivity index (χ0n) is 12.2. The van der Waals surface area contributed by atoms with Crippen molar-refractivity contribution in [2.75, 3.05) is 0 Å². The van der Waals surface area contributed by atoms with Gasteiger partial charge >= 0.3 is 0 Å². The van der Waals surface area contributed by atoms with E-state index in [0.29, 0.717) is 21.7 Å². The Morgan fingerprint density at radius 3 is 2.92 bits per heavy atom. The lowest BCUT2D eigenvalue weighted by atomic mass is 10.2. The number of hydrogen-bond donors (Lipinski definition) is 0. The summed E-state index contributed by atoms with van der Waals surface area (Å²) in [4.78, 5) is 4.15. The van der Waals surface area contributed by atoms with Crippen molar-refractivity contribution >= 4 is 46.1 Å². The molecule has 124 valence electrons. The number of aromatic nitrogens is 4. The highest BCUT2D eigenvalue weighted by molar-refractivity contribution is 14.2. The maximum Gasteiger partial charge on any atom is 0.214 e. The monoisotopic (exact) mass is 520 g/mol. The first kappa shape index (κ1) is 17.6. The molecule has 0 amide bonds. The second-order valence-corrected chi connectivity index (χ2v) is 7.96. The molecule has 2 heterocycles. The van der Waals surface area contributed by atoms with Gasteiger partial charge in [0.15, 0.2) is 0 Å². The van der Waals surface area contributed by atoms with Crippen molar-refractivity contribution < 1.29 is 9.13 Å². The zero-order chi connectivity index (χ0) is 16.9. The third-order valence-corrected chi connectivity index (χ3v) is 4.89. The average Bonchev–Trinajstić information content (AvgIpc) is 3.03. The molecule has 1 aromatic carbocycles. The van der Waals surface area contributed by atoms with Crippen molar-refractivity contribution in [1.82, 2.24) is 20.0 Å². The molecule has 5 nitrogen and oxygen atoms in total. The van der Waals surface area contributed by atoms with Crippen LogP contribution in [0.25, 0.3) is 5.69 Å². The van der Waals surface area contributed by atoms with Gasteiger partial charge in [0.2, 0.25) is 5.88 Å². The van der Waals surface area contributed by atoms with E-state index in [9.17, 15) is 4.39 Å². The minimum Gasteiger partial charge on any atom is -0.473 e. The Bertz CT molecular complexity index is 848. The highest BCUT2D eigenvalue weighted by atomic mass is 127. The van der Waals surface area contributed by atoms with Crippen LogP contribution >= 0.6 is 46.1 Å². The van der Waals surface area contributed by atoms with Crippen LogP contribution in [0.4, 0.5) is 4.39 Å². The second-order valence-electron chi connectivity index (χ2n) is 4.77. The van der Waals surface area contributed by atoms with Gasteiger partial charge in [0.25, 0.3) is 0 Å². The molecular weight excluding hydrogens is 510 g/mol. The average molecular weight is 521 g/mol. The van der Waals surface area contributed by atoms with Gasteiger partial charge in [0.05, 0.1) is 17.6 Å². The minimum atomic E-state index is -0.359. The van der Waals surface area contributed by atoms with Crippen molar-refractivity contribution in [3.63, 3.8) is 0 Å². The summed E-state index contributed by atoms with van der Waals surface area (Å²) in [5.41, 5.74) is 1.92. The summed E-state index contributed by atoms with van der Waals surface area (Å²) in [5.74, 6) is 0.835. The number of pyridine rings is 1. The van der Waals surface area contributed by atoms with Crippen LogP contribution in [0.3, 0.4) is 0 Å². The fourth-order valence-electron chi connectivity index (χ4n) is 1.96. The molecular formula is C15H11BrFIN4OS. The van der Waals surface area contributed by atoms with Gasteiger partial charge in [-0.2, -0.15) is 0 Å². The molecule has 3 rings (SSSR count). The summed E-state index contributed by atoms with van der Waals surface area (Å²) < 4.78 is 22.0. The van der Waals surface area contributed by atoms with Crippen LogP contribution in [0, 0.1) is 5.82 Å². The van der Waals surface area contributed by atoms with E-state index in [4.69, 9.17) is 4.74 Å². The highest BCUT2D eigenvalue weighted by Gasteiger charge is 2.08. The summed E-state index contributed by atoms with van der Waals surface area (Å²) in [7, 11) is 1.63. The summed E-state index contributed by atoms with van der Waals surface area (Å²) in [6.07, 6.45) is 1.79. The molecule has 0 aliphatic carbocycles. The number of ether oxygens (including phenoxy) is 1. The lowest BCUT2D eigenvalue weighted by molar-refractivity contribution is 0.287. The number of nitrogens with zero attached hydrogens (tertiary/aromatic N) is 4. The van der Waals surface area contributed by atoms with Crippen molar-refractivity contribution in [1.29, 1.82) is 0 Å². The van der Waals surface area contributed by atoms with E-state index in [-0.39, 0.29) is 12.4 Å². The molecule has 0 saturated carbocycles. The topological polar surface area (TPSA) is 52.8 Å². The quantitative estimate of drug-likeness (QED) is 0.347. The summed E-state index contributed by atoms with van der Waals surface area (Å²) in [6, 6.07) is 10.2. The van der Waals surface area contributed by atoms with E-state index in [0.717, 1.165) is 11.4 Å². The van der Waals surface area contributed by atoms with Crippen LogP contribution in [0.1, 0.15) is 11.3 Å². The predicted molar refractivity (Wildman–Crippen MR) is 103 cm³/mol. The van der Waals surface area contributed by atoms with Gasteiger partial charge < -0.3 is 4.74 Å². The molecule has 9 heteroatoms. The highest BCUT2D eigenvalue weighted by Crippen LogP contribution is 2.20. The van der Waals surface area contributed by atoms with Crippen LogP contribution in [-0.4, -0.2) is 20.0 Å². The van der Waals surface area contributed by atoms with Crippen molar-refractivity contribution in [3.05, 3.63) is 64.3 Å². The first-order chi connectivity index (χ1) is 11.7. The van der Waals surface area contributed by atoms with E-state index in [1.165, 1.54) is 6.07 Å². The van der Waals surface area contributed by atoms with Crippen LogP contribution in [0.2, 0.25) is 0 Å². The molecule has 0 atom stereocenters. The minimum absolute atomic E-state index is 0.101. The molecule has 0 radical (unpaired) electrons. The maximum absolute atomic E-state index is 14.3. The number of halogens is 3. The lowest BCUT2D eigenvalue weighted by Gasteiger charge is -2.08. The third-order valence-electron chi connectivity index (χ3n) is 3.11. The Morgan fingerprint density at radius 2 is 2.17 bits per heavy atom. The van der Waals surface area contributed by atoms with Gasteiger partial charge in [-0.3, -0.25) is 0 Å². The molecule has 0 fully saturated rings. The SMILES string of the molecule is Fc1cc(-n2cc(CSI)nn2)ccc1COc1cccc(Br)n1. The van der Waals surface area contributed by atoms with E-state index >= 15 is 0 Å². The van der Waals surface area contributed by atoms with E-state index in [2.05, 4.69) is 52.4 Å².